The molecule has 0 spiro atoms. The molecule has 0 atom stereocenters. The summed E-state index contributed by atoms with van der Waals surface area (Å²) in [5.74, 6) is 2.09. The summed E-state index contributed by atoms with van der Waals surface area (Å²) in [7, 11) is 0. The highest BCUT2D eigenvalue weighted by Crippen LogP contribution is 2.30. The molecule has 2 rings (SSSR count). The van der Waals surface area contributed by atoms with Gasteiger partial charge in [-0.3, -0.25) is 0 Å². The maximum Gasteiger partial charge on any atom is 0.242 e. The van der Waals surface area contributed by atoms with Crippen LogP contribution in [0.3, 0.4) is 0 Å². The van der Waals surface area contributed by atoms with Gasteiger partial charge in [0.2, 0.25) is 6.08 Å². The van der Waals surface area contributed by atoms with Gasteiger partial charge in [-0.25, -0.2) is 9.78 Å². The number of rotatable bonds is 2. The molecule has 0 saturated carbocycles. The number of aliphatic imine (C=N–C) groups is 1. The quantitative estimate of drug-likeness (QED) is 0.549. The molecule has 0 aliphatic carbocycles. The minimum atomic E-state index is 0.301. The Morgan fingerprint density at radius 1 is 1.47 bits per heavy atom. The van der Waals surface area contributed by atoms with Crippen LogP contribution in [0.4, 0.5) is 5.82 Å². The first-order valence-electron chi connectivity index (χ1n) is 5.41. The second-order valence-corrected chi connectivity index (χ2v) is 4.20. The van der Waals surface area contributed by atoms with Gasteiger partial charge in [-0.1, -0.05) is 13.8 Å². The van der Waals surface area contributed by atoms with E-state index in [-0.39, 0.29) is 0 Å². The summed E-state index contributed by atoms with van der Waals surface area (Å²) in [6.07, 6.45) is 4.94. The van der Waals surface area contributed by atoms with Gasteiger partial charge in [0.1, 0.15) is 5.82 Å². The van der Waals surface area contributed by atoms with E-state index in [4.69, 9.17) is 0 Å². The highest BCUT2D eigenvalue weighted by molar-refractivity contribution is 5.49. The molecule has 0 bridgehead atoms. The molecule has 0 fully saturated rings. The van der Waals surface area contributed by atoms with Crippen LogP contribution in [0.15, 0.2) is 4.99 Å². The number of aromatic nitrogens is 2. The molecule has 0 radical (unpaired) electrons. The predicted octanol–water partition coefficient (Wildman–Crippen LogP) is 2.31. The fraction of sp³-hybridized carbons (Fsp3) is 0.636. The summed E-state index contributed by atoms with van der Waals surface area (Å²) >= 11 is 0. The summed E-state index contributed by atoms with van der Waals surface area (Å²) in [5, 5.41) is 0. The van der Waals surface area contributed by atoms with Crippen LogP contribution in [0.25, 0.3) is 0 Å². The lowest BCUT2D eigenvalue weighted by Gasteiger charge is -2.13. The zero-order chi connectivity index (χ0) is 10.8. The molecule has 4 nitrogen and oxygen atoms in total. The number of aryl methyl sites for hydroxylation is 1. The summed E-state index contributed by atoms with van der Waals surface area (Å²) in [4.78, 5) is 18.8. The average molecular weight is 205 g/mol. The lowest BCUT2D eigenvalue weighted by Crippen LogP contribution is -2.09. The Bertz CT molecular complexity index is 414. The smallest absolute Gasteiger partial charge is 0.242 e. The Morgan fingerprint density at radius 2 is 2.27 bits per heavy atom. The summed E-state index contributed by atoms with van der Waals surface area (Å²) in [6.45, 7) is 5.06. The first-order valence-corrected chi connectivity index (χ1v) is 5.41. The van der Waals surface area contributed by atoms with Gasteiger partial charge in [-0.15, -0.1) is 4.99 Å². The van der Waals surface area contributed by atoms with Crippen LogP contribution >= 0.6 is 0 Å². The SMILES string of the molecule is CC(C)c1nc2n(c1N=C=O)CCCC2. The fourth-order valence-electron chi connectivity index (χ4n) is 2.04. The van der Waals surface area contributed by atoms with Crippen LogP contribution in [0.2, 0.25) is 0 Å². The highest BCUT2D eigenvalue weighted by Gasteiger charge is 2.20. The second kappa shape index (κ2) is 3.99. The Kier molecular flexibility index (Phi) is 2.69. The molecule has 0 aromatic carbocycles. The summed E-state index contributed by atoms with van der Waals surface area (Å²) < 4.78 is 2.06. The van der Waals surface area contributed by atoms with Crippen molar-refractivity contribution in [2.45, 2.75) is 45.6 Å². The van der Waals surface area contributed by atoms with Crippen LogP contribution in [0.5, 0.6) is 0 Å². The van der Waals surface area contributed by atoms with E-state index in [2.05, 4.69) is 28.4 Å². The predicted molar refractivity (Wildman–Crippen MR) is 57.0 cm³/mol. The van der Waals surface area contributed by atoms with Crippen molar-refractivity contribution >= 4 is 11.9 Å². The molecule has 1 aromatic rings. The van der Waals surface area contributed by atoms with Gasteiger partial charge in [0.25, 0.3) is 0 Å². The molecule has 0 N–H and O–H groups in total. The van der Waals surface area contributed by atoms with Gasteiger partial charge in [0, 0.05) is 13.0 Å². The zero-order valence-corrected chi connectivity index (χ0v) is 9.16. The minimum absolute atomic E-state index is 0.301. The van der Waals surface area contributed by atoms with Crippen LogP contribution in [-0.4, -0.2) is 15.6 Å². The zero-order valence-electron chi connectivity index (χ0n) is 9.16. The van der Waals surface area contributed by atoms with E-state index < -0.39 is 0 Å². The van der Waals surface area contributed by atoms with Crippen molar-refractivity contribution in [2.75, 3.05) is 0 Å². The fourth-order valence-corrected chi connectivity index (χ4v) is 2.04. The normalized spacial score (nSPS) is 14.9. The van der Waals surface area contributed by atoms with E-state index in [0.29, 0.717) is 5.92 Å². The van der Waals surface area contributed by atoms with E-state index in [0.717, 1.165) is 36.7 Å². The van der Waals surface area contributed by atoms with Gasteiger partial charge in [-0.2, -0.15) is 0 Å². The highest BCUT2D eigenvalue weighted by atomic mass is 16.1. The Labute approximate surface area is 89.0 Å². The number of fused-ring (bicyclic) bond motifs is 1. The van der Waals surface area contributed by atoms with Gasteiger partial charge >= 0.3 is 0 Å². The third-order valence-corrected chi connectivity index (χ3v) is 2.78. The molecule has 0 amide bonds. The molecule has 15 heavy (non-hydrogen) atoms. The second-order valence-electron chi connectivity index (χ2n) is 4.20. The number of imidazole rings is 1. The van der Waals surface area contributed by atoms with Crippen molar-refractivity contribution in [3.63, 3.8) is 0 Å². The summed E-state index contributed by atoms with van der Waals surface area (Å²) in [6, 6.07) is 0. The molecule has 0 saturated heterocycles. The molecule has 80 valence electrons. The standard InChI is InChI=1S/C11H15N3O/c1-8(2)10-11(12-7-15)14-6-4-3-5-9(14)13-10/h8H,3-6H2,1-2H3. The topological polar surface area (TPSA) is 47.2 Å². The molecular weight excluding hydrogens is 190 g/mol. The monoisotopic (exact) mass is 205 g/mol. The number of hydrogen-bond acceptors (Lipinski definition) is 3. The largest absolute Gasteiger partial charge is 0.312 e. The van der Waals surface area contributed by atoms with Gasteiger partial charge in [0.15, 0.2) is 5.82 Å². The number of carbonyl (C=O) groups excluding carboxylic acids is 1. The van der Waals surface area contributed by atoms with E-state index in [1.54, 1.807) is 6.08 Å². The maximum atomic E-state index is 10.4. The minimum Gasteiger partial charge on any atom is -0.312 e. The van der Waals surface area contributed by atoms with Crippen LogP contribution in [0.1, 0.15) is 44.1 Å². The van der Waals surface area contributed by atoms with E-state index in [9.17, 15) is 4.79 Å². The number of isocyanates is 1. The number of nitrogens with zero attached hydrogens (tertiary/aromatic N) is 3. The Morgan fingerprint density at radius 3 is 2.93 bits per heavy atom. The first kappa shape index (κ1) is 10.1. The van der Waals surface area contributed by atoms with Gasteiger partial charge < -0.3 is 4.57 Å². The van der Waals surface area contributed by atoms with Crippen molar-refractivity contribution in [3.05, 3.63) is 11.5 Å². The van der Waals surface area contributed by atoms with Crippen molar-refractivity contribution in [3.8, 4) is 0 Å². The van der Waals surface area contributed by atoms with Crippen molar-refractivity contribution < 1.29 is 4.79 Å². The Hall–Kier alpha value is -1.41. The van der Waals surface area contributed by atoms with Crippen LogP contribution in [-0.2, 0) is 17.8 Å². The van der Waals surface area contributed by atoms with Gasteiger partial charge in [-0.05, 0) is 18.8 Å². The third-order valence-electron chi connectivity index (χ3n) is 2.78. The molecule has 1 aromatic heterocycles. The third kappa shape index (κ3) is 1.73. The van der Waals surface area contributed by atoms with Crippen LogP contribution in [0, 0.1) is 0 Å². The van der Waals surface area contributed by atoms with Crippen LogP contribution < -0.4 is 0 Å². The molecule has 0 unspecified atom stereocenters. The Balaban J connectivity index is 2.55. The van der Waals surface area contributed by atoms with Crippen molar-refractivity contribution in [1.82, 2.24) is 9.55 Å². The van der Waals surface area contributed by atoms with E-state index >= 15 is 0 Å². The summed E-state index contributed by atoms with van der Waals surface area (Å²) in [5.41, 5.74) is 0.926. The first-order chi connectivity index (χ1) is 7.24. The van der Waals surface area contributed by atoms with Gasteiger partial charge in [0.05, 0.1) is 5.69 Å². The molecule has 4 heteroatoms. The maximum absolute atomic E-state index is 10.4. The average Bonchev–Trinajstić information content (AvgIpc) is 2.58. The van der Waals surface area contributed by atoms with Crippen molar-refractivity contribution in [2.24, 2.45) is 4.99 Å². The lowest BCUT2D eigenvalue weighted by molar-refractivity contribution is 0.524. The molecular formula is C11H15N3O. The van der Waals surface area contributed by atoms with Crippen molar-refractivity contribution in [1.29, 1.82) is 0 Å². The lowest BCUT2D eigenvalue weighted by atomic mass is 10.1. The molecule has 2 heterocycles. The molecule has 1 aliphatic rings. The van der Waals surface area contributed by atoms with E-state index in [1.165, 1.54) is 6.42 Å². The molecule has 1 aliphatic heterocycles. The number of hydrogen-bond donors (Lipinski definition) is 0. The van der Waals surface area contributed by atoms with E-state index in [1.807, 2.05) is 0 Å².